The van der Waals surface area contributed by atoms with Gasteiger partial charge in [0.1, 0.15) is 9.84 Å². The number of fused-ring (bicyclic) bond motifs is 1. The summed E-state index contributed by atoms with van der Waals surface area (Å²) in [4.78, 5) is 25.7. The highest BCUT2D eigenvalue weighted by Gasteiger charge is 2.23. The smallest absolute Gasteiger partial charge is 0.258 e. The number of nitrogens with zero attached hydrogens (tertiary/aromatic N) is 2. The van der Waals surface area contributed by atoms with E-state index in [1.807, 2.05) is 30.3 Å². The highest BCUT2D eigenvalue weighted by Crippen LogP contribution is 2.33. The van der Waals surface area contributed by atoms with E-state index in [0.717, 1.165) is 40.7 Å². The van der Waals surface area contributed by atoms with Crippen LogP contribution < -0.4 is 5.32 Å². The molecule has 39 heavy (non-hydrogen) atoms. The number of carbonyl (C=O) groups excluding carboxylic acids is 2. The molecule has 7 nitrogen and oxygen atoms in total. The van der Waals surface area contributed by atoms with Gasteiger partial charge in [0.05, 0.1) is 18.3 Å². The summed E-state index contributed by atoms with van der Waals surface area (Å²) in [6.07, 6.45) is 13.3. The predicted octanol–water partition coefficient (Wildman–Crippen LogP) is 4.45. The molecule has 5 rings (SSSR count). The highest BCUT2D eigenvalue weighted by atomic mass is 32.2. The summed E-state index contributed by atoms with van der Waals surface area (Å²) >= 11 is 0. The molecule has 0 atom stereocenters. The first-order valence-corrected chi connectivity index (χ1v) is 15.1. The molecule has 200 valence electrons. The van der Waals surface area contributed by atoms with Crippen molar-refractivity contribution in [1.29, 1.82) is 0 Å². The van der Waals surface area contributed by atoms with Gasteiger partial charge in [-0.2, -0.15) is 5.10 Å². The van der Waals surface area contributed by atoms with E-state index in [9.17, 15) is 18.0 Å². The standard InChI is InChI=1S/C31H31N3O4S/c1-39(37,38)14-6-5-7-22-10-11-24-16-26(17-25(24)15-22)29-18-28(12-13-30(29)35)33-31(36)27-19-32-34(21-27)20-23-8-3-2-4-9-23/h2-4,8-12,15,17-19,21H,5-7,13-14,16,20H2,1H3,(H,33,36). The third-order valence-electron chi connectivity index (χ3n) is 6.95. The maximum absolute atomic E-state index is 12.9. The van der Waals surface area contributed by atoms with Crippen LogP contribution in [-0.2, 0) is 34.0 Å². The maximum atomic E-state index is 12.9. The van der Waals surface area contributed by atoms with Crippen LogP contribution in [0.25, 0.3) is 6.08 Å². The first-order valence-electron chi connectivity index (χ1n) is 13.1. The number of ketones is 1. The molecule has 0 saturated heterocycles. The molecule has 1 aromatic heterocycles. The lowest BCUT2D eigenvalue weighted by atomic mass is 9.93. The minimum atomic E-state index is -2.93. The monoisotopic (exact) mass is 541 g/mol. The number of sulfone groups is 1. The summed E-state index contributed by atoms with van der Waals surface area (Å²) < 4.78 is 24.4. The van der Waals surface area contributed by atoms with E-state index < -0.39 is 9.84 Å². The number of carbonyl (C=O) groups is 2. The number of nitrogens with one attached hydrogen (secondary N) is 1. The van der Waals surface area contributed by atoms with E-state index in [2.05, 4.69) is 34.7 Å². The van der Waals surface area contributed by atoms with Gasteiger partial charge in [0.25, 0.3) is 5.91 Å². The molecule has 2 aliphatic rings. The number of benzene rings is 2. The lowest BCUT2D eigenvalue weighted by molar-refractivity contribution is -0.114. The lowest BCUT2D eigenvalue weighted by Gasteiger charge is -2.15. The molecule has 3 aromatic rings. The summed E-state index contributed by atoms with van der Waals surface area (Å²) in [6, 6.07) is 16.2. The summed E-state index contributed by atoms with van der Waals surface area (Å²) in [7, 11) is -2.93. The van der Waals surface area contributed by atoms with Crippen molar-refractivity contribution in [1.82, 2.24) is 15.1 Å². The van der Waals surface area contributed by atoms with Crippen molar-refractivity contribution in [2.75, 3.05) is 12.0 Å². The van der Waals surface area contributed by atoms with Crippen LogP contribution in [0.5, 0.6) is 0 Å². The average molecular weight is 542 g/mol. The summed E-state index contributed by atoms with van der Waals surface area (Å²) in [5, 5.41) is 7.24. The quantitative estimate of drug-likeness (QED) is 0.383. The molecule has 2 aromatic carbocycles. The fourth-order valence-electron chi connectivity index (χ4n) is 4.91. The molecule has 0 unspecified atom stereocenters. The van der Waals surface area contributed by atoms with Gasteiger partial charge in [0, 0.05) is 35.9 Å². The number of allylic oxidation sites excluding steroid dienone is 4. The Morgan fingerprint density at radius 2 is 1.87 bits per heavy atom. The zero-order valence-electron chi connectivity index (χ0n) is 21.9. The Hall–Kier alpha value is -4.04. The summed E-state index contributed by atoms with van der Waals surface area (Å²) in [5.74, 6) is -0.0285. The molecule has 0 saturated carbocycles. The Bertz CT molecular complexity index is 1610. The third-order valence-corrected chi connectivity index (χ3v) is 7.98. The van der Waals surface area contributed by atoms with E-state index in [1.165, 1.54) is 6.26 Å². The molecule has 0 aliphatic heterocycles. The zero-order chi connectivity index (χ0) is 27.4. The zero-order valence-corrected chi connectivity index (χ0v) is 22.7. The number of aromatic nitrogens is 2. The van der Waals surface area contributed by atoms with Crippen LogP contribution >= 0.6 is 0 Å². The van der Waals surface area contributed by atoms with E-state index >= 15 is 0 Å². The molecule has 0 fully saturated rings. The first kappa shape index (κ1) is 26.6. The molecular weight excluding hydrogens is 510 g/mol. The number of Topliss-reactive ketones (excluding diaryl/α,β-unsaturated/α-hetero) is 1. The van der Waals surface area contributed by atoms with Gasteiger partial charge < -0.3 is 5.32 Å². The molecule has 1 heterocycles. The molecular formula is C31H31N3O4S. The van der Waals surface area contributed by atoms with Crippen molar-refractivity contribution < 1.29 is 18.0 Å². The lowest BCUT2D eigenvalue weighted by Crippen LogP contribution is -2.24. The Balaban J connectivity index is 1.23. The van der Waals surface area contributed by atoms with Crippen molar-refractivity contribution in [3.05, 3.63) is 118 Å². The van der Waals surface area contributed by atoms with Crippen LogP contribution in [-0.4, -0.2) is 41.9 Å². The van der Waals surface area contributed by atoms with Gasteiger partial charge in [-0.3, -0.25) is 14.3 Å². The van der Waals surface area contributed by atoms with Gasteiger partial charge in [-0.1, -0.05) is 60.7 Å². The van der Waals surface area contributed by atoms with Crippen molar-refractivity contribution in [3.63, 3.8) is 0 Å². The van der Waals surface area contributed by atoms with Crippen molar-refractivity contribution in [2.24, 2.45) is 0 Å². The van der Waals surface area contributed by atoms with Gasteiger partial charge in [0.15, 0.2) is 5.78 Å². The number of hydrogen-bond donors (Lipinski definition) is 1. The molecule has 1 amide bonds. The summed E-state index contributed by atoms with van der Waals surface area (Å²) in [5.41, 5.74) is 7.13. The van der Waals surface area contributed by atoms with Gasteiger partial charge in [-0.15, -0.1) is 0 Å². The number of unbranched alkanes of at least 4 members (excludes halogenated alkanes) is 1. The number of aryl methyl sites for hydroxylation is 1. The number of rotatable bonds is 10. The highest BCUT2D eigenvalue weighted by molar-refractivity contribution is 7.90. The Kier molecular flexibility index (Phi) is 7.74. The van der Waals surface area contributed by atoms with Crippen molar-refractivity contribution in [3.8, 4) is 0 Å². The Labute approximate surface area is 228 Å². The molecule has 0 spiro atoms. The molecule has 0 bridgehead atoms. The van der Waals surface area contributed by atoms with Crippen LogP contribution in [0.3, 0.4) is 0 Å². The van der Waals surface area contributed by atoms with Crippen LogP contribution in [0.15, 0.2) is 89.9 Å². The van der Waals surface area contributed by atoms with E-state index in [0.29, 0.717) is 36.2 Å². The van der Waals surface area contributed by atoms with Crippen LogP contribution in [0, 0.1) is 0 Å². The van der Waals surface area contributed by atoms with Crippen LogP contribution in [0.1, 0.15) is 51.9 Å². The van der Waals surface area contributed by atoms with Crippen LogP contribution in [0.2, 0.25) is 0 Å². The fraction of sp³-hybridized carbons (Fsp3) is 0.258. The summed E-state index contributed by atoms with van der Waals surface area (Å²) in [6.45, 7) is 0.576. The van der Waals surface area contributed by atoms with Gasteiger partial charge in [-0.25, -0.2) is 8.42 Å². The largest absolute Gasteiger partial charge is 0.322 e. The van der Waals surface area contributed by atoms with Crippen LogP contribution in [0.4, 0.5) is 0 Å². The Morgan fingerprint density at radius 1 is 1.05 bits per heavy atom. The Morgan fingerprint density at radius 3 is 2.67 bits per heavy atom. The minimum absolute atomic E-state index is 0.0312. The second kappa shape index (κ2) is 11.4. The molecule has 1 N–H and O–H groups in total. The SMILES string of the molecule is CS(=O)(=O)CCCCc1ccc2c(c1)C=C(C1=CC(NC(=O)c3cnn(Cc4ccccc4)c3)=CCC1=O)C2. The number of hydrogen-bond acceptors (Lipinski definition) is 5. The molecule has 2 aliphatic carbocycles. The van der Waals surface area contributed by atoms with E-state index in [1.54, 1.807) is 29.2 Å². The molecule has 0 radical (unpaired) electrons. The number of amides is 1. The van der Waals surface area contributed by atoms with E-state index in [-0.39, 0.29) is 23.9 Å². The van der Waals surface area contributed by atoms with E-state index in [4.69, 9.17) is 0 Å². The third kappa shape index (κ3) is 6.89. The van der Waals surface area contributed by atoms with Gasteiger partial charge >= 0.3 is 0 Å². The fourth-order valence-corrected chi connectivity index (χ4v) is 5.64. The second-order valence-corrected chi connectivity index (χ2v) is 12.4. The average Bonchev–Trinajstić information content (AvgIpc) is 3.55. The maximum Gasteiger partial charge on any atom is 0.258 e. The predicted molar refractivity (Wildman–Crippen MR) is 152 cm³/mol. The molecule has 8 heteroatoms. The first-order chi connectivity index (χ1) is 18.7. The van der Waals surface area contributed by atoms with Gasteiger partial charge in [-0.05, 0) is 59.6 Å². The second-order valence-electron chi connectivity index (χ2n) is 10.2. The van der Waals surface area contributed by atoms with Gasteiger partial charge in [0.2, 0.25) is 0 Å². The topological polar surface area (TPSA) is 98.1 Å². The normalized spacial score (nSPS) is 14.9. The van der Waals surface area contributed by atoms with Crippen molar-refractivity contribution in [2.45, 2.75) is 38.6 Å². The minimum Gasteiger partial charge on any atom is -0.322 e. The van der Waals surface area contributed by atoms with Crippen molar-refractivity contribution >= 4 is 27.6 Å².